The molecule has 0 aliphatic rings. The summed E-state index contributed by atoms with van der Waals surface area (Å²) in [5.41, 5.74) is 5.61. The molecule has 0 bridgehead atoms. The highest BCUT2D eigenvalue weighted by atomic mass is 79.9. The first-order valence-electron chi connectivity index (χ1n) is 9.33. The monoisotopic (exact) mass is 525 g/mol. The van der Waals surface area contributed by atoms with Crippen molar-refractivity contribution in [2.75, 3.05) is 14.2 Å². The van der Waals surface area contributed by atoms with Crippen LogP contribution in [0.4, 0.5) is 0 Å². The molecule has 0 fully saturated rings. The van der Waals surface area contributed by atoms with Gasteiger partial charge in [-0.3, -0.25) is 0 Å². The SMILES string of the molecule is COc1ccc(Cn2c3nc4ccccc4nc3c3cc(Br)cc(Br)c32)cc1OC. The van der Waals surface area contributed by atoms with Gasteiger partial charge in [0.05, 0.1) is 30.8 Å². The lowest BCUT2D eigenvalue weighted by molar-refractivity contribution is 0.354. The van der Waals surface area contributed by atoms with E-state index in [0.717, 1.165) is 47.6 Å². The second kappa shape index (κ2) is 7.56. The molecule has 7 heteroatoms. The van der Waals surface area contributed by atoms with E-state index < -0.39 is 0 Å². The van der Waals surface area contributed by atoms with Crippen molar-refractivity contribution in [3.05, 3.63) is 69.1 Å². The van der Waals surface area contributed by atoms with Crippen LogP contribution in [0, 0.1) is 0 Å². The number of hydrogen-bond donors (Lipinski definition) is 0. The standard InChI is InChI=1S/C23H17Br2N3O2/c1-29-19-8-7-13(9-20(19)30-2)12-28-22-15(10-14(24)11-16(22)25)21-23(28)27-18-6-4-3-5-17(18)26-21/h3-11H,12H2,1-2H3. The van der Waals surface area contributed by atoms with E-state index in [9.17, 15) is 0 Å². The minimum Gasteiger partial charge on any atom is -0.493 e. The number of halogens is 2. The van der Waals surface area contributed by atoms with Crippen molar-refractivity contribution in [3.8, 4) is 11.5 Å². The van der Waals surface area contributed by atoms with Crippen molar-refractivity contribution in [1.82, 2.24) is 14.5 Å². The Balaban J connectivity index is 1.80. The Bertz CT molecular complexity index is 1430. The molecule has 0 saturated carbocycles. The molecule has 30 heavy (non-hydrogen) atoms. The van der Waals surface area contributed by atoms with Crippen LogP contribution in [0.5, 0.6) is 11.5 Å². The quantitative estimate of drug-likeness (QED) is 0.274. The van der Waals surface area contributed by atoms with Gasteiger partial charge in [-0.1, -0.05) is 34.1 Å². The lowest BCUT2D eigenvalue weighted by Gasteiger charge is -2.12. The van der Waals surface area contributed by atoms with Crippen LogP contribution in [0.3, 0.4) is 0 Å². The van der Waals surface area contributed by atoms with Crippen LogP contribution in [0.2, 0.25) is 0 Å². The molecule has 2 aromatic heterocycles. The van der Waals surface area contributed by atoms with Crippen LogP contribution in [0.15, 0.2) is 63.5 Å². The summed E-state index contributed by atoms with van der Waals surface area (Å²) in [5.74, 6) is 1.41. The summed E-state index contributed by atoms with van der Waals surface area (Å²) in [7, 11) is 3.29. The molecule has 0 radical (unpaired) electrons. The first-order valence-corrected chi connectivity index (χ1v) is 10.9. The Labute approximate surface area is 189 Å². The molecule has 0 aliphatic heterocycles. The first kappa shape index (κ1) is 19.3. The molecule has 0 amide bonds. The fourth-order valence-corrected chi connectivity index (χ4v) is 5.24. The molecule has 0 aliphatic carbocycles. The van der Waals surface area contributed by atoms with Crippen LogP contribution < -0.4 is 9.47 Å². The van der Waals surface area contributed by atoms with Gasteiger partial charge in [-0.2, -0.15) is 0 Å². The van der Waals surface area contributed by atoms with Gasteiger partial charge in [0.1, 0.15) is 5.52 Å². The average molecular weight is 527 g/mol. The number of nitrogens with zero attached hydrogens (tertiary/aromatic N) is 3. The highest BCUT2D eigenvalue weighted by molar-refractivity contribution is 9.11. The number of methoxy groups -OCH3 is 2. The molecular weight excluding hydrogens is 510 g/mol. The number of hydrogen-bond acceptors (Lipinski definition) is 4. The van der Waals surface area contributed by atoms with Crippen molar-refractivity contribution in [1.29, 1.82) is 0 Å². The molecule has 0 atom stereocenters. The molecule has 2 heterocycles. The number of fused-ring (bicyclic) bond motifs is 4. The normalized spacial score (nSPS) is 11.5. The zero-order valence-electron chi connectivity index (χ0n) is 16.3. The summed E-state index contributed by atoms with van der Waals surface area (Å²) < 4.78 is 15.0. The van der Waals surface area contributed by atoms with Gasteiger partial charge in [0.2, 0.25) is 0 Å². The van der Waals surface area contributed by atoms with Gasteiger partial charge >= 0.3 is 0 Å². The third-order valence-corrected chi connectivity index (χ3v) is 6.21. The van der Waals surface area contributed by atoms with Crippen molar-refractivity contribution >= 4 is 65.0 Å². The van der Waals surface area contributed by atoms with E-state index in [0.29, 0.717) is 18.0 Å². The van der Waals surface area contributed by atoms with Gasteiger partial charge in [-0.15, -0.1) is 0 Å². The summed E-state index contributed by atoms with van der Waals surface area (Å²) in [4.78, 5) is 9.91. The molecule has 0 unspecified atom stereocenters. The van der Waals surface area contributed by atoms with Gasteiger partial charge in [0.15, 0.2) is 17.1 Å². The van der Waals surface area contributed by atoms with Crippen LogP contribution in [-0.4, -0.2) is 28.8 Å². The molecule has 5 nitrogen and oxygen atoms in total. The minimum atomic E-state index is 0.619. The van der Waals surface area contributed by atoms with Gasteiger partial charge < -0.3 is 14.0 Å². The Morgan fingerprint density at radius 3 is 2.33 bits per heavy atom. The van der Waals surface area contributed by atoms with Gasteiger partial charge in [0.25, 0.3) is 0 Å². The molecule has 0 N–H and O–H groups in total. The van der Waals surface area contributed by atoms with Crippen LogP contribution in [0.25, 0.3) is 33.1 Å². The van der Waals surface area contributed by atoms with E-state index in [4.69, 9.17) is 19.4 Å². The number of aromatic nitrogens is 3. The van der Waals surface area contributed by atoms with Gasteiger partial charge in [-0.05, 0) is 57.9 Å². The first-order chi connectivity index (χ1) is 14.6. The van der Waals surface area contributed by atoms with Crippen LogP contribution >= 0.6 is 31.9 Å². The number of ether oxygens (including phenoxy) is 2. The summed E-state index contributed by atoms with van der Waals surface area (Å²) in [6, 6.07) is 18.1. The number of para-hydroxylation sites is 2. The predicted molar refractivity (Wildman–Crippen MR) is 127 cm³/mol. The molecule has 3 aromatic carbocycles. The number of benzene rings is 3. The Morgan fingerprint density at radius 2 is 1.60 bits per heavy atom. The summed E-state index contributed by atoms with van der Waals surface area (Å²) in [6.07, 6.45) is 0. The smallest absolute Gasteiger partial charge is 0.161 e. The van der Waals surface area contributed by atoms with E-state index in [2.05, 4.69) is 42.5 Å². The second-order valence-corrected chi connectivity index (χ2v) is 8.71. The summed E-state index contributed by atoms with van der Waals surface area (Å²) >= 11 is 7.36. The van der Waals surface area contributed by atoms with Crippen LogP contribution in [-0.2, 0) is 6.54 Å². The minimum absolute atomic E-state index is 0.619. The maximum absolute atomic E-state index is 5.49. The fourth-order valence-electron chi connectivity index (χ4n) is 3.80. The van der Waals surface area contributed by atoms with Gasteiger partial charge in [0, 0.05) is 20.9 Å². The Morgan fingerprint density at radius 1 is 0.867 bits per heavy atom. The van der Waals surface area contributed by atoms with E-state index in [1.165, 1.54) is 0 Å². The average Bonchev–Trinajstić information content (AvgIpc) is 3.04. The van der Waals surface area contributed by atoms with Crippen LogP contribution in [0.1, 0.15) is 5.56 Å². The highest BCUT2D eigenvalue weighted by Gasteiger charge is 2.18. The maximum Gasteiger partial charge on any atom is 0.161 e. The van der Waals surface area contributed by atoms with Crippen molar-refractivity contribution in [2.45, 2.75) is 6.54 Å². The molecule has 5 rings (SSSR count). The zero-order valence-corrected chi connectivity index (χ0v) is 19.5. The fraction of sp³-hybridized carbons (Fsp3) is 0.130. The van der Waals surface area contributed by atoms with E-state index in [1.54, 1.807) is 14.2 Å². The molecule has 150 valence electrons. The molecule has 5 aromatic rings. The highest BCUT2D eigenvalue weighted by Crippen LogP contribution is 2.37. The van der Waals surface area contributed by atoms with Crippen molar-refractivity contribution < 1.29 is 9.47 Å². The molecule has 0 saturated heterocycles. The molecular formula is C23H17Br2N3O2. The Kier molecular flexibility index (Phi) is 4.87. The third-order valence-electron chi connectivity index (χ3n) is 5.15. The van der Waals surface area contributed by atoms with Crippen molar-refractivity contribution in [3.63, 3.8) is 0 Å². The summed E-state index contributed by atoms with van der Waals surface area (Å²) in [6.45, 7) is 0.619. The maximum atomic E-state index is 5.49. The summed E-state index contributed by atoms with van der Waals surface area (Å²) in [5, 5.41) is 1.05. The predicted octanol–water partition coefficient (Wildman–Crippen LogP) is 6.33. The topological polar surface area (TPSA) is 49.2 Å². The van der Waals surface area contributed by atoms with E-state index in [1.807, 2.05) is 48.5 Å². The van der Waals surface area contributed by atoms with Gasteiger partial charge in [-0.25, -0.2) is 9.97 Å². The van der Waals surface area contributed by atoms with Crippen molar-refractivity contribution in [2.24, 2.45) is 0 Å². The third kappa shape index (κ3) is 3.13. The van der Waals surface area contributed by atoms with E-state index in [-0.39, 0.29) is 0 Å². The second-order valence-electron chi connectivity index (χ2n) is 6.94. The molecule has 0 spiro atoms. The lowest BCUT2D eigenvalue weighted by atomic mass is 10.2. The number of rotatable bonds is 4. The largest absolute Gasteiger partial charge is 0.493 e. The zero-order chi connectivity index (χ0) is 20.8. The van der Waals surface area contributed by atoms with E-state index >= 15 is 0 Å². The lowest BCUT2D eigenvalue weighted by Crippen LogP contribution is -2.02. The Hall–Kier alpha value is -2.64.